The van der Waals surface area contributed by atoms with E-state index in [9.17, 15) is 14.4 Å². The van der Waals surface area contributed by atoms with Crippen LogP contribution in [-0.2, 0) is 9.47 Å². The van der Waals surface area contributed by atoms with Crippen molar-refractivity contribution in [2.45, 2.75) is 6.92 Å². The molecule has 2 aromatic carbocycles. The van der Waals surface area contributed by atoms with Gasteiger partial charge in [-0.15, -0.1) is 0 Å². The van der Waals surface area contributed by atoms with Crippen molar-refractivity contribution in [2.75, 3.05) is 26.6 Å². The first-order valence-electron chi connectivity index (χ1n) is 7.67. The maximum atomic E-state index is 12.5. The number of amides is 1. The van der Waals surface area contributed by atoms with Crippen LogP contribution in [-0.4, -0.2) is 39.2 Å². The number of ether oxygens (including phenoxy) is 3. The van der Waals surface area contributed by atoms with E-state index in [-0.39, 0.29) is 16.8 Å². The van der Waals surface area contributed by atoms with Gasteiger partial charge in [0.1, 0.15) is 5.75 Å². The largest absolute Gasteiger partial charge is 0.496 e. The molecule has 1 amide bonds. The van der Waals surface area contributed by atoms with Crippen molar-refractivity contribution in [1.82, 2.24) is 0 Å². The zero-order chi connectivity index (χ0) is 19.3. The van der Waals surface area contributed by atoms with Crippen molar-refractivity contribution < 1.29 is 28.6 Å². The second-order valence-corrected chi connectivity index (χ2v) is 5.42. The molecule has 1 N–H and O–H groups in total. The highest BCUT2D eigenvalue weighted by molar-refractivity contribution is 6.06. The fourth-order valence-corrected chi connectivity index (χ4v) is 2.39. The number of aryl methyl sites for hydroxylation is 1. The van der Waals surface area contributed by atoms with E-state index in [4.69, 9.17) is 4.74 Å². The molecule has 0 saturated carbocycles. The fourth-order valence-electron chi connectivity index (χ4n) is 2.39. The maximum Gasteiger partial charge on any atom is 0.337 e. The monoisotopic (exact) mass is 357 g/mol. The summed E-state index contributed by atoms with van der Waals surface area (Å²) in [5.41, 5.74) is 1.73. The molecule has 0 spiro atoms. The summed E-state index contributed by atoms with van der Waals surface area (Å²) in [6, 6.07) is 9.17. The Morgan fingerprint density at radius 2 is 1.38 bits per heavy atom. The van der Waals surface area contributed by atoms with Gasteiger partial charge in [0, 0.05) is 11.3 Å². The van der Waals surface area contributed by atoms with Crippen LogP contribution in [0.1, 0.15) is 36.6 Å². The topological polar surface area (TPSA) is 90.9 Å². The number of esters is 2. The molecule has 0 aliphatic carbocycles. The zero-order valence-corrected chi connectivity index (χ0v) is 14.9. The average Bonchev–Trinajstić information content (AvgIpc) is 2.66. The lowest BCUT2D eigenvalue weighted by atomic mass is 10.1. The molecular formula is C19H19NO6. The molecule has 0 aromatic heterocycles. The molecule has 0 saturated heterocycles. The average molecular weight is 357 g/mol. The highest BCUT2D eigenvalue weighted by Crippen LogP contribution is 2.21. The summed E-state index contributed by atoms with van der Waals surface area (Å²) < 4.78 is 14.5. The number of benzene rings is 2. The molecule has 0 aliphatic rings. The van der Waals surface area contributed by atoms with Gasteiger partial charge in [0.2, 0.25) is 0 Å². The number of rotatable bonds is 5. The summed E-state index contributed by atoms with van der Waals surface area (Å²) in [4.78, 5) is 36.1. The van der Waals surface area contributed by atoms with Crippen LogP contribution in [0, 0.1) is 6.92 Å². The molecular weight excluding hydrogens is 338 g/mol. The normalized spacial score (nSPS) is 10.0. The zero-order valence-electron chi connectivity index (χ0n) is 14.9. The van der Waals surface area contributed by atoms with Gasteiger partial charge in [-0.05, 0) is 48.9 Å². The van der Waals surface area contributed by atoms with E-state index in [2.05, 4.69) is 14.8 Å². The Morgan fingerprint density at radius 1 is 0.808 bits per heavy atom. The Hall–Kier alpha value is -3.35. The molecule has 7 nitrogen and oxygen atoms in total. The minimum atomic E-state index is -0.633. The van der Waals surface area contributed by atoms with Gasteiger partial charge in [-0.1, -0.05) is 0 Å². The quantitative estimate of drug-likeness (QED) is 0.828. The summed E-state index contributed by atoms with van der Waals surface area (Å²) >= 11 is 0. The van der Waals surface area contributed by atoms with Gasteiger partial charge in [0.05, 0.1) is 32.5 Å². The van der Waals surface area contributed by atoms with E-state index in [0.29, 0.717) is 11.3 Å². The van der Waals surface area contributed by atoms with Crippen LogP contribution in [0.15, 0.2) is 36.4 Å². The number of carbonyl (C=O) groups is 3. The van der Waals surface area contributed by atoms with Crippen LogP contribution in [0.4, 0.5) is 5.69 Å². The van der Waals surface area contributed by atoms with Crippen LogP contribution in [0.25, 0.3) is 0 Å². The van der Waals surface area contributed by atoms with E-state index in [1.807, 2.05) is 6.92 Å². The number of carbonyl (C=O) groups excluding carboxylic acids is 3. The second kappa shape index (κ2) is 8.15. The highest BCUT2D eigenvalue weighted by atomic mass is 16.5. The molecule has 0 fully saturated rings. The molecule has 2 rings (SSSR count). The van der Waals surface area contributed by atoms with E-state index in [1.54, 1.807) is 25.3 Å². The summed E-state index contributed by atoms with van der Waals surface area (Å²) in [5.74, 6) is -0.992. The van der Waals surface area contributed by atoms with E-state index >= 15 is 0 Å². The molecule has 2 aromatic rings. The van der Waals surface area contributed by atoms with Crippen LogP contribution >= 0.6 is 0 Å². The number of anilines is 1. The standard InChI is InChI=1S/C19H19NO6/c1-11-7-12(5-6-16(11)24-2)17(21)20-15-9-13(18(22)25-3)8-14(10-15)19(23)26-4/h5-10H,1-4H3,(H,20,21). The second-order valence-electron chi connectivity index (χ2n) is 5.42. The predicted molar refractivity (Wildman–Crippen MR) is 94.8 cm³/mol. The molecule has 7 heteroatoms. The molecule has 0 aliphatic heterocycles. The van der Waals surface area contributed by atoms with Crippen molar-refractivity contribution >= 4 is 23.5 Å². The molecule has 0 unspecified atom stereocenters. The predicted octanol–water partition coefficient (Wildman–Crippen LogP) is 2.83. The minimum absolute atomic E-state index is 0.122. The van der Waals surface area contributed by atoms with Gasteiger partial charge < -0.3 is 19.5 Å². The van der Waals surface area contributed by atoms with Gasteiger partial charge in [0.25, 0.3) is 5.91 Å². The molecule has 0 atom stereocenters. The molecule has 26 heavy (non-hydrogen) atoms. The SMILES string of the molecule is COC(=O)c1cc(NC(=O)c2ccc(OC)c(C)c2)cc(C(=O)OC)c1. The lowest BCUT2D eigenvalue weighted by Crippen LogP contribution is -2.14. The third-order valence-electron chi connectivity index (χ3n) is 3.69. The van der Waals surface area contributed by atoms with E-state index in [0.717, 1.165) is 5.56 Å². The summed E-state index contributed by atoms with van der Waals surface area (Å²) in [6.45, 7) is 1.82. The van der Waals surface area contributed by atoms with Gasteiger partial charge in [0.15, 0.2) is 0 Å². The third kappa shape index (κ3) is 4.18. The Kier molecular flexibility index (Phi) is 5.95. The van der Waals surface area contributed by atoms with Gasteiger partial charge in [-0.25, -0.2) is 9.59 Å². The van der Waals surface area contributed by atoms with Crippen LogP contribution in [0.5, 0.6) is 5.75 Å². The van der Waals surface area contributed by atoms with Gasteiger partial charge >= 0.3 is 11.9 Å². The fraction of sp³-hybridized carbons (Fsp3) is 0.211. The number of hydrogen-bond donors (Lipinski definition) is 1. The molecule has 136 valence electrons. The van der Waals surface area contributed by atoms with Crippen molar-refractivity contribution in [3.63, 3.8) is 0 Å². The number of nitrogens with one attached hydrogen (secondary N) is 1. The summed E-state index contributed by atoms with van der Waals surface area (Å²) in [5, 5.41) is 2.67. The van der Waals surface area contributed by atoms with Crippen molar-refractivity contribution in [2.24, 2.45) is 0 Å². The lowest BCUT2D eigenvalue weighted by Gasteiger charge is -2.11. The van der Waals surface area contributed by atoms with Crippen molar-refractivity contribution in [3.05, 3.63) is 58.7 Å². The van der Waals surface area contributed by atoms with Gasteiger partial charge in [-0.3, -0.25) is 4.79 Å². The maximum absolute atomic E-state index is 12.5. The van der Waals surface area contributed by atoms with Crippen LogP contribution in [0.2, 0.25) is 0 Å². The number of hydrogen-bond acceptors (Lipinski definition) is 6. The Labute approximate surface area is 150 Å². The molecule has 0 radical (unpaired) electrons. The first-order valence-corrected chi connectivity index (χ1v) is 7.67. The molecule has 0 bridgehead atoms. The van der Waals surface area contributed by atoms with Gasteiger partial charge in [-0.2, -0.15) is 0 Å². The smallest absolute Gasteiger partial charge is 0.337 e. The Balaban J connectivity index is 2.35. The third-order valence-corrected chi connectivity index (χ3v) is 3.69. The highest BCUT2D eigenvalue weighted by Gasteiger charge is 2.16. The van der Waals surface area contributed by atoms with E-state index in [1.165, 1.54) is 32.4 Å². The van der Waals surface area contributed by atoms with Crippen molar-refractivity contribution in [1.29, 1.82) is 0 Å². The van der Waals surface area contributed by atoms with Crippen molar-refractivity contribution in [3.8, 4) is 5.75 Å². The van der Waals surface area contributed by atoms with Crippen LogP contribution in [0.3, 0.4) is 0 Å². The minimum Gasteiger partial charge on any atom is -0.496 e. The Morgan fingerprint density at radius 3 is 1.85 bits per heavy atom. The summed E-state index contributed by atoms with van der Waals surface area (Å²) in [7, 11) is 4.01. The Bertz CT molecular complexity index is 825. The molecule has 0 heterocycles. The number of methoxy groups -OCH3 is 3. The lowest BCUT2D eigenvalue weighted by molar-refractivity contribution is 0.0599. The first-order chi connectivity index (χ1) is 12.4. The summed E-state index contributed by atoms with van der Waals surface area (Å²) in [6.07, 6.45) is 0. The van der Waals surface area contributed by atoms with Crippen LogP contribution < -0.4 is 10.1 Å². The van der Waals surface area contributed by atoms with E-state index < -0.39 is 17.8 Å². The first kappa shape index (κ1) is 19.0.